The van der Waals surface area contributed by atoms with Gasteiger partial charge in [-0.3, -0.25) is 0 Å². The van der Waals surface area contributed by atoms with Crippen molar-refractivity contribution < 1.29 is 0 Å². The van der Waals surface area contributed by atoms with E-state index in [-0.39, 0.29) is 0 Å². The van der Waals surface area contributed by atoms with Crippen LogP contribution in [0.15, 0.2) is 115 Å². The van der Waals surface area contributed by atoms with Crippen molar-refractivity contribution in [1.29, 1.82) is 0 Å². The molecule has 0 bridgehead atoms. The van der Waals surface area contributed by atoms with Gasteiger partial charge in [0.2, 0.25) is 0 Å². The molecule has 0 amide bonds. The van der Waals surface area contributed by atoms with Crippen LogP contribution in [0.25, 0.3) is 59.5 Å². The molecule has 0 radical (unpaired) electrons. The summed E-state index contributed by atoms with van der Waals surface area (Å²) in [5, 5.41) is 8.86. The Kier molecular flexibility index (Phi) is 3.78. The van der Waals surface area contributed by atoms with E-state index in [9.17, 15) is 0 Å². The first-order valence-electron chi connectivity index (χ1n) is 10.9. The number of aromatic nitrogens is 1. The van der Waals surface area contributed by atoms with Gasteiger partial charge < -0.3 is 4.57 Å². The maximum absolute atomic E-state index is 2.45. The topological polar surface area (TPSA) is 4.93 Å². The molecule has 1 nitrogen and oxygen atoms in total. The average molecular weight is 426 g/mol. The first-order chi connectivity index (χ1) is 15.9. The van der Waals surface area contributed by atoms with Crippen LogP contribution >= 0.6 is 11.3 Å². The second-order valence-corrected chi connectivity index (χ2v) is 9.11. The van der Waals surface area contributed by atoms with Crippen molar-refractivity contribution in [3.05, 3.63) is 115 Å². The largest absolute Gasteiger partial charge is 0.308 e. The molecule has 0 aliphatic heterocycles. The number of thiophene rings is 1. The fourth-order valence-corrected chi connectivity index (χ4v) is 6.02. The highest BCUT2D eigenvalue weighted by molar-refractivity contribution is 7.18. The van der Waals surface area contributed by atoms with Crippen LogP contribution in [0.2, 0.25) is 0 Å². The van der Waals surface area contributed by atoms with E-state index in [2.05, 4.69) is 119 Å². The summed E-state index contributed by atoms with van der Waals surface area (Å²) in [6.07, 6.45) is 0. The maximum Gasteiger partial charge on any atom is 0.0725 e. The van der Waals surface area contributed by atoms with Crippen molar-refractivity contribution in [2.75, 3.05) is 0 Å². The van der Waals surface area contributed by atoms with Crippen molar-refractivity contribution in [2.45, 2.75) is 0 Å². The molecule has 32 heavy (non-hydrogen) atoms. The number of fused-ring (bicyclic) bond motifs is 8. The lowest BCUT2D eigenvalue weighted by Gasteiger charge is -2.11. The number of hydrogen-bond acceptors (Lipinski definition) is 1. The zero-order valence-corrected chi connectivity index (χ0v) is 18.1. The van der Waals surface area contributed by atoms with Crippen LogP contribution in [-0.2, 0) is 0 Å². The number of nitrogens with zero attached hydrogens (tertiary/aromatic N) is 1. The third-order valence-corrected chi connectivity index (χ3v) is 7.40. The van der Waals surface area contributed by atoms with Crippen molar-refractivity contribution >= 4 is 54.0 Å². The van der Waals surface area contributed by atoms with Gasteiger partial charge in [-0.2, -0.15) is 0 Å². The Morgan fingerprint density at radius 1 is 0.500 bits per heavy atom. The van der Waals surface area contributed by atoms with Gasteiger partial charge in [-0.05, 0) is 51.5 Å². The molecular weight excluding hydrogens is 406 g/mol. The van der Waals surface area contributed by atoms with Crippen molar-refractivity contribution in [1.82, 2.24) is 4.57 Å². The van der Waals surface area contributed by atoms with E-state index in [1.807, 2.05) is 11.3 Å². The van der Waals surface area contributed by atoms with E-state index in [1.54, 1.807) is 0 Å². The summed E-state index contributed by atoms with van der Waals surface area (Å²) in [7, 11) is 0. The summed E-state index contributed by atoms with van der Waals surface area (Å²) >= 11 is 1.83. The second-order valence-electron chi connectivity index (χ2n) is 8.20. The highest BCUT2D eigenvalue weighted by Gasteiger charge is 2.19. The SMILES string of the molecule is c1ccc(-c2ccc(-n3c4ccccc4c4c5ccccc5c5ccsc5c43)cc2)cc1. The molecule has 0 unspecified atom stereocenters. The van der Waals surface area contributed by atoms with Gasteiger partial charge in [0.15, 0.2) is 0 Å². The van der Waals surface area contributed by atoms with E-state index in [0.29, 0.717) is 0 Å². The molecular formula is C30H19NS. The molecule has 0 spiro atoms. The fraction of sp³-hybridized carbons (Fsp3) is 0. The molecule has 0 saturated heterocycles. The van der Waals surface area contributed by atoms with Gasteiger partial charge in [-0.1, -0.05) is 84.9 Å². The molecule has 5 aromatic carbocycles. The molecule has 0 aliphatic carbocycles. The van der Waals surface area contributed by atoms with Gasteiger partial charge in [-0.25, -0.2) is 0 Å². The van der Waals surface area contributed by atoms with Crippen LogP contribution in [0, 0.1) is 0 Å². The summed E-state index contributed by atoms with van der Waals surface area (Å²) < 4.78 is 3.80. The molecule has 7 aromatic rings. The molecule has 0 aliphatic rings. The van der Waals surface area contributed by atoms with E-state index in [0.717, 1.165) is 0 Å². The summed E-state index contributed by atoms with van der Waals surface area (Å²) in [5.41, 5.74) is 6.24. The first-order valence-corrected chi connectivity index (χ1v) is 11.7. The second kappa shape index (κ2) is 6.81. The monoisotopic (exact) mass is 425 g/mol. The third kappa shape index (κ3) is 2.44. The van der Waals surface area contributed by atoms with Crippen LogP contribution in [-0.4, -0.2) is 4.57 Å². The number of rotatable bonds is 2. The van der Waals surface area contributed by atoms with Crippen LogP contribution in [0.1, 0.15) is 0 Å². The molecule has 2 heteroatoms. The minimum absolute atomic E-state index is 1.20. The Labute approximate surface area is 189 Å². The van der Waals surface area contributed by atoms with Gasteiger partial charge in [0.1, 0.15) is 0 Å². The Morgan fingerprint density at radius 2 is 1.16 bits per heavy atom. The quantitative estimate of drug-likeness (QED) is 0.261. The van der Waals surface area contributed by atoms with Crippen molar-refractivity contribution in [3.63, 3.8) is 0 Å². The van der Waals surface area contributed by atoms with E-state index >= 15 is 0 Å². The molecule has 0 atom stereocenters. The fourth-order valence-electron chi connectivity index (χ4n) is 5.07. The van der Waals surface area contributed by atoms with Crippen molar-refractivity contribution in [3.8, 4) is 16.8 Å². The Hall–Kier alpha value is -3.88. The summed E-state index contributed by atoms with van der Waals surface area (Å²) in [4.78, 5) is 0. The maximum atomic E-state index is 2.45. The van der Waals surface area contributed by atoms with Gasteiger partial charge in [0, 0.05) is 21.8 Å². The lowest BCUT2D eigenvalue weighted by Crippen LogP contribution is -1.94. The number of hydrogen-bond donors (Lipinski definition) is 0. The molecule has 2 heterocycles. The number of para-hydroxylation sites is 1. The van der Waals surface area contributed by atoms with Crippen LogP contribution in [0.3, 0.4) is 0 Å². The van der Waals surface area contributed by atoms with Crippen LogP contribution in [0.5, 0.6) is 0 Å². The molecule has 0 saturated carbocycles. The van der Waals surface area contributed by atoms with Gasteiger partial charge >= 0.3 is 0 Å². The van der Waals surface area contributed by atoms with Gasteiger partial charge in [-0.15, -0.1) is 11.3 Å². The average Bonchev–Trinajstić information content (AvgIpc) is 3.48. The van der Waals surface area contributed by atoms with Crippen LogP contribution in [0.4, 0.5) is 0 Å². The zero-order chi connectivity index (χ0) is 21.1. The minimum atomic E-state index is 1.20. The van der Waals surface area contributed by atoms with E-state index in [4.69, 9.17) is 0 Å². The molecule has 0 fully saturated rings. The first kappa shape index (κ1) is 17.8. The zero-order valence-electron chi connectivity index (χ0n) is 17.3. The van der Waals surface area contributed by atoms with E-state index in [1.165, 1.54) is 59.5 Å². The molecule has 0 N–H and O–H groups in total. The molecule has 2 aromatic heterocycles. The lowest BCUT2D eigenvalue weighted by atomic mass is 10.0. The molecule has 7 rings (SSSR count). The van der Waals surface area contributed by atoms with E-state index < -0.39 is 0 Å². The Bertz CT molecular complexity index is 1750. The van der Waals surface area contributed by atoms with Gasteiger partial charge in [0.25, 0.3) is 0 Å². The Balaban J connectivity index is 1.61. The lowest BCUT2D eigenvalue weighted by molar-refractivity contribution is 1.19. The summed E-state index contributed by atoms with van der Waals surface area (Å²) in [5.74, 6) is 0. The minimum Gasteiger partial charge on any atom is -0.308 e. The molecule has 150 valence electrons. The Morgan fingerprint density at radius 3 is 1.97 bits per heavy atom. The number of benzene rings is 5. The smallest absolute Gasteiger partial charge is 0.0725 e. The standard InChI is InChI=1S/C30H19NS/c1-2-8-20(9-3-1)21-14-16-22(17-15-21)31-27-13-7-6-12-26(27)28-24-11-5-4-10-23(24)25-18-19-32-30(25)29(28)31/h1-19H. The van der Waals surface area contributed by atoms with Crippen LogP contribution < -0.4 is 0 Å². The predicted molar refractivity (Wildman–Crippen MR) is 139 cm³/mol. The third-order valence-electron chi connectivity index (χ3n) is 6.47. The van der Waals surface area contributed by atoms with Gasteiger partial charge in [0.05, 0.1) is 15.7 Å². The highest BCUT2D eigenvalue weighted by Crippen LogP contribution is 2.44. The summed E-state index contributed by atoms with van der Waals surface area (Å²) in [6.45, 7) is 0. The highest BCUT2D eigenvalue weighted by atomic mass is 32.1. The van der Waals surface area contributed by atoms with Crippen molar-refractivity contribution in [2.24, 2.45) is 0 Å². The summed E-state index contributed by atoms with van der Waals surface area (Å²) in [6, 6.07) is 39.4. The predicted octanol–water partition coefficient (Wildman–Crippen LogP) is 8.82. The normalized spacial score (nSPS) is 11.8.